The van der Waals surface area contributed by atoms with Gasteiger partial charge in [-0.15, -0.1) is 0 Å². The minimum absolute atomic E-state index is 0.132. The number of benzene rings is 1. The first-order valence-electron chi connectivity index (χ1n) is 8.74. The Hall–Kier alpha value is -2.63. The topological polar surface area (TPSA) is 88.4 Å². The van der Waals surface area contributed by atoms with Crippen LogP contribution in [0.3, 0.4) is 0 Å². The number of amides is 1. The Bertz CT molecular complexity index is 813. The molecule has 1 aliphatic heterocycles. The number of hydrogen-bond acceptors (Lipinski definition) is 5. The van der Waals surface area contributed by atoms with Crippen molar-refractivity contribution in [2.75, 3.05) is 16.8 Å². The van der Waals surface area contributed by atoms with Crippen LogP contribution in [0, 0.1) is 23.7 Å². The molecular formula is C19H23F3N3O3-. The van der Waals surface area contributed by atoms with E-state index < -0.39 is 23.2 Å². The minimum atomic E-state index is -4.80. The number of fused-ring (bicyclic) bond motifs is 1. The Morgan fingerprint density at radius 3 is 2.46 bits per heavy atom. The molecule has 6 nitrogen and oxygen atoms in total. The molecule has 0 bridgehead atoms. The molecule has 2 rings (SSSR count). The number of nitrogens with one attached hydrogen (secondary N) is 1. The van der Waals surface area contributed by atoms with Crippen molar-refractivity contribution in [1.29, 1.82) is 5.26 Å². The summed E-state index contributed by atoms with van der Waals surface area (Å²) in [5, 5.41) is 23.9. The van der Waals surface area contributed by atoms with Crippen molar-refractivity contribution >= 4 is 17.5 Å². The Kier molecular flexibility index (Phi) is 5.48. The molecule has 154 valence electrons. The predicted octanol–water partition coefficient (Wildman–Crippen LogP) is 3.60. The van der Waals surface area contributed by atoms with Crippen LogP contribution in [0.1, 0.15) is 39.7 Å². The number of rotatable bonds is 4. The lowest BCUT2D eigenvalue weighted by molar-refractivity contribution is -0.254. The Labute approximate surface area is 161 Å². The molecule has 0 unspecified atom stereocenters. The molecule has 1 heterocycles. The van der Waals surface area contributed by atoms with Crippen molar-refractivity contribution in [3.05, 3.63) is 17.7 Å². The smallest absolute Gasteiger partial charge is 0.411 e. The van der Waals surface area contributed by atoms with Crippen molar-refractivity contribution < 1.29 is 27.8 Å². The summed E-state index contributed by atoms with van der Waals surface area (Å²) in [7, 11) is 0. The van der Waals surface area contributed by atoms with Gasteiger partial charge >= 0.3 is 6.18 Å². The second-order valence-corrected chi connectivity index (χ2v) is 8.06. The third kappa shape index (κ3) is 3.96. The van der Waals surface area contributed by atoms with Gasteiger partial charge in [-0.1, -0.05) is 0 Å². The van der Waals surface area contributed by atoms with Crippen LogP contribution in [0.4, 0.5) is 29.3 Å². The lowest BCUT2D eigenvalue weighted by Crippen LogP contribution is -2.61. The molecule has 0 saturated carbocycles. The predicted molar refractivity (Wildman–Crippen MR) is 96.1 cm³/mol. The summed E-state index contributed by atoms with van der Waals surface area (Å²) in [6.45, 7) is 7.01. The molecule has 1 aromatic rings. The van der Waals surface area contributed by atoms with Gasteiger partial charge in [-0.3, -0.25) is 0 Å². The highest BCUT2D eigenvalue weighted by molar-refractivity contribution is 5.90. The second kappa shape index (κ2) is 7.08. The van der Waals surface area contributed by atoms with Gasteiger partial charge in [0.1, 0.15) is 23.5 Å². The Balaban J connectivity index is 2.41. The van der Waals surface area contributed by atoms with Crippen LogP contribution >= 0.6 is 0 Å². The van der Waals surface area contributed by atoms with E-state index >= 15 is 0 Å². The first-order valence-corrected chi connectivity index (χ1v) is 8.74. The first kappa shape index (κ1) is 21.7. The van der Waals surface area contributed by atoms with E-state index in [1.165, 1.54) is 19.1 Å². The highest BCUT2D eigenvalue weighted by atomic mass is 19.4. The zero-order valence-corrected chi connectivity index (χ0v) is 16.4. The number of alkyl halides is 3. The second-order valence-electron chi connectivity index (χ2n) is 8.06. The van der Waals surface area contributed by atoms with Gasteiger partial charge in [-0.25, -0.2) is 0 Å². The molecule has 0 aliphatic carbocycles. The fourth-order valence-electron chi connectivity index (χ4n) is 3.16. The van der Waals surface area contributed by atoms with Gasteiger partial charge < -0.3 is 24.9 Å². The highest BCUT2D eigenvalue weighted by Crippen LogP contribution is 2.44. The fourth-order valence-corrected chi connectivity index (χ4v) is 3.16. The van der Waals surface area contributed by atoms with Gasteiger partial charge in [0.15, 0.2) is 0 Å². The van der Waals surface area contributed by atoms with E-state index in [1.807, 2.05) is 0 Å². The maximum Gasteiger partial charge on any atom is 0.411 e. The number of ether oxygens (including phenoxy) is 1. The first-order chi connectivity index (χ1) is 12.7. The maximum atomic E-state index is 13.4. The molecule has 1 amide bonds. The quantitative estimate of drug-likeness (QED) is 0.837. The molecule has 1 aromatic carbocycles. The van der Waals surface area contributed by atoms with E-state index in [4.69, 9.17) is 4.74 Å². The molecule has 0 aromatic heterocycles. The van der Waals surface area contributed by atoms with Crippen LogP contribution in [0.15, 0.2) is 12.1 Å². The summed E-state index contributed by atoms with van der Waals surface area (Å²) in [5.41, 5.74) is -2.68. The van der Waals surface area contributed by atoms with Crippen molar-refractivity contribution in [3.63, 3.8) is 0 Å². The Morgan fingerprint density at radius 1 is 1.36 bits per heavy atom. The van der Waals surface area contributed by atoms with Crippen LogP contribution < -0.4 is 20.1 Å². The molecule has 0 radical (unpaired) electrons. The van der Waals surface area contributed by atoms with Crippen molar-refractivity contribution in [2.24, 2.45) is 5.41 Å². The molecule has 1 N–H and O–H groups in total. The van der Waals surface area contributed by atoms with Crippen molar-refractivity contribution in [3.8, 4) is 11.8 Å². The number of halogens is 3. The summed E-state index contributed by atoms with van der Waals surface area (Å²) < 4.78 is 46.2. The van der Waals surface area contributed by atoms with Crippen LogP contribution in [0.25, 0.3) is 0 Å². The molecular weight excluding hydrogens is 375 g/mol. The molecule has 0 spiro atoms. The number of hydrogen-bond donors (Lipinski definition) is 1. The molecule has 1 atom stereocenters. The van der Waals surface area contributed by atoms with Gasteiger partial charge in [0.25, 0.3) is 0 Å². The van der Waals surface area contributed by atoms with Gasteiger partial charge in [0.2, 0.25) is 0 Å². The SMILES string of the molecule is Cc1c(N(C(=O)[O-])C(C)(C)C(F)(F)F)ccc2c1NC[C@H](CC(C)(C)C#N)O2. The van der Waals surface area contributed by atoms with Crippen LogP contribution in [-0.4, -0.2) is 30.5 Å². The summed E-state index contributed by atoms with van der Waals surface area (Å²) in [5.74, 6) is 0.398. The standard InChI is InChI=1S/C19H24F3N3O3/c1-11-13(25(16(26)27)18(4,5)19(20,21)22)6-7-14-15(11)24-9-12(28-14)8-17(2,3)10-23/h6-7,12,24H,8-9H2,1-5H3,(H,26,27)/p-1/t12-/m0/s1. The van der Waals surface area contributed by atoms with Gasteiger partial charge in [0.05, 0.1) is 23.7 Å². The molecule has 0 saturated heterocycles. The fraction of sp³-hybridized carbons (Fsp3) is 0.579. The van der Waals surface area contributed by atoms with Gasteiger partial charge in [-0.05, 0) is 52.3 Å². The maximum absolute atomic E-state index is 13.4. The van der Waals surface area contributed by atoms with Crippen molar-refractivity contribution in [1.82, 2.24) is 0 Å². The largest absolute Gasteiger partial charge is 0.530 e. The van der Waals surface area contributed by atoms with Crippen LogP contribution in [0.5, 0.6) is 5.75 Å². The van der Waals surface area contributed by atoms with E-state index in [0.29, 0.717) is 30.0 Å². The number of carboxylic acid groups (broad SMARTS) is 1. The number of nitrogens with zero attached hydrogens (tertiary/aromatic N) is 2. The van der Waals surface area contributed by atoms with Gasteiger partial charge in [-0.2, -0.15) is 18.4 Å². The summed E-state index contributed by atoms with van der Waals surface area (Å²) >= 11 is 0. The van der Waals surface area contributed by atoms with E-state index in [-0.39, 0.29) is 16.7 Å². The van der Waals surface area contributed by atoms with E-state index in [2.05, 4.69) is 11.4 Å². The van der Waals surface area contributed by atoms with Crippen LogP contribution in [0.2, 0.25) is 0 Å². The van der Waals surface area contributed by atoms with Gasteiger partial charge in [0, 0.05) is 12.1 Å². The lowest BCUT2D eigenvalue weighted by atomic mass is 9.88. The average Bonchev–Trinajstić information content (AvgIpc) is 2.55. The molecule has 1 aliphatic rings. The zero-order chi connectivity index (χ0) is 21.5. The molecule has 0 fully saturated rings. The number of carbonyl (C=O) groups is 1. The van der Waals surface area contributed by atoms with E-state index in [0.717, 1.165) is 13.8 Å². The Morgan fingerprint density at radius 2 is 1.96 bits per heavy atom. The van der Waals surface area contributed by atoms with Crippen LogP contribution in [-0.2, 0) is 0 Å². The molecule has 28 heavy (non-hydrogen) atoms. The van der Waals surface area contributed by atoms with E-state index in [9.17, 15) is 28.3 Å². The third-order valence-electron chi connectivity index (χ3n) is 4.92. The average molecular weight is 398 g/mol. The minimum Gasteiger partial charge on any atom is -0.530 e. The molecule has 9 heteroatoms. The zero-order valence-electron chi connectivity index (χ0n) is 16.4. The highest BCUT2D eigenvalue weighted by Gasteiger charge is 2.52. The van der Waals surface area contributed by atoms with E-state index in [1.54, 1.807) is 13.8 Å². The van der Waals surface area contributed by atoms with Crippen molar-refractivity contribution in [2.45, 2.75) is 58.9 Å². The normalized spacial score (nSPS) is 17.0. The lowest BCUT2D eigenvalue weighted by Gasteiger charge is -2.43. The number of carbonyl (C=O) groups excluding carboxylic acids is 1. The third-order valence-corrected chi connectivity index (χ3v) is 4.92. The summed E-state index contributed by atoms with van der Waals surface area (Å²) in [6, 6.07) is 4.90. The monoisotopic (exact) mass is 398 g/mol. The number of nitriles is 1. The number of anilines is 2. The summed E-state index contributed by atoms with van der Waals surface area (Å²) in [6.07, 6.45) is -6.58. The summed E-state index contributed by atoms with van der Waals surface area (Å²) in [4.78, 5) is 11.8.